The second-order valence-corrected chi connectivity index (χ2v) is 7.22. The summed E-state index contributed by atoms with van der Waals surface area (Å²) in [5, 5.41) is 38.2. The molecule has 0 bridgehead atoms. The van der Waals surface area contributed by atoms with Crippen LogP contribution in [-0.2, 0) is 11.2 Å². The molecular weight excluding hydrogens is 366 g/mol. The van der Waals surface area contributed by atoms with Gasteiger partial charge in [0.25, 0.3) is 0 Å². The number of hydrogen-bond acceptors (Lipinski definition) is 6. The van der Waals surface area contributed by atoms with Crippen molar-refractivity contribution in [3.63, 3.8) is 0 Å². The molecule has 1 amide bonds. The molecule has 2 aliphatic rings. The molecule has 1 aromatic rings. The lowest BCUT2D eigenvalue weighted by Crippen LogP contribution is -2.55. The van der Waals surface area contributed by atoms with E-state index in [1.807, 2.05) is 30.3 Å². The van der Waals surface area contributed by atoms with Gasteiger partial charge in [-0.25, -0.2) is 4.79 Å². The Morgan fingerprint density at radius 1 is 1.28 bits per heavy atom. The van der Waals surface area contributed by atoms with Gasteiger partial charge in [0.1, 0.15) is 5.92 Å². The van der Waals surface area contributed by atoms with Crippen LogP contribution in [0.4, 0.5) is 4.79 Å². The number of carbonyl (C=O) groups excluding carboxylic acids is 1. The van der Waals surface area contributed by atoms with E-state index < -0.39 is 23.3 Å². The Bertz CT molecular complexity index is 950. The number of nitrogens with one attached hydrogen (secondary N) is 1. The number of benzene rings is 1. The zero-order chi connectivity index (χ0) is 21.0. The van der Waals surface area contributed by atoms with Crippen LogP contribution in [0.15, 0.2) is 42.0 Å². The highest BCUT2D eigenvalue weighted by Gasteiger charge is 2.57. The van der Waals surface area contributed by atoms with Crippen molar-refractivity contribution in [3.8, 4) is 18.2 Å². The highest BCUT2D eigenvalue weighted by atomic mass is 16.6. The Morgan fingerprint density at radius 2 is 1.97 bits per heavy atom. The summed E-state index contributed by atoms with van der Waals surface area (Å²) in [4.78, 5) is 13.8. The molecule has 1 fully saturated rings. The number of nitrogens with zero attached hydrogens (tertiary/aromatic N) is 4. The number of carbonyl (C=O) groups is 1. The van der Waals surface area contributed by atoms with Gasteiger partial charge in [0.05, 0.1) is 30.5 Å². The predicted octanol–water partition coefficient (Wildman–Crippen LogP) is 3.07. The highest BCUT2D eigenvalue weighted by molar-refractivity contribution is 6.00. The van der Waals surface area contributed by atoms with Crippen LogP contribution in [0.3, 0.4) is 0 Å². The minimum Gasteiger partial charge on any atom is -0.450 e. The number of nitriles is 3. The van der Waals surface area contributed by atoms with Gasteiger partial charge in [0.2, 0.25) is 0 Å². The van der Waals surface area contributed by atoms with Gasteiger partial charge in [-0.3, -0.25) is 0 Å². The van der Waals surface area contributed by atoms with E-state index in [9.17, 15) is 20.6 Å². The molecule has 1 heterocycles. The molecule has 1 saturated carbocycles. The summed E-state index contributed by atoms with van der Waals surface area (Å²) in [5.74, 6) is -1.87. The van der Waals surface area contributed by atoms with Gasteiger partial charge >= 0.3 is 6.09 Å². The Labute approximate surface area is 169 Å². The van der Waals surface area contributed by atoms with Crippen molar-refractivity contribution >= 4 is 11.8 Å². The molecule has 1 aliphatic heterocycles. The van der Waals surface area contributed by atoms with Gasteiger partial charge in [-0.2, -0.15) is 15.8 Å². The molecule has 7 nitrogen and oxygen atoms in total. The largest absolute Gasteiger partial charge is 0.450 e. The summed E-state index contributed by atoms with van der Waals surface area (Å²) in [6.45, 7) is 2.50. The molecule has 3 atom stereocenters. The monoisotopic (exact) mass is 387 g/mol. The van der Waals surface area contributed by atoms with Crippen LogP contribution in [-0.4, -0.2) is 36.4 Å². The van der Waals surface area contributed by atoms with Gasteiger partial charge in [-0.1, -0.05) is 36.4 Å². The quantitative estimate of drug-likeness (QED) is 0.798. The first-order chi connectivity index (χ1) is 14.0. The van der Waals surface area contributed by atoms with Crippen LogP contribution in [0, 0.1) is 62.6 Å². The van der Waals surface area contributed by atoms with E-state index in [0.29, 0.717) is 6.42 Å². The number of ether oxygens (including phenoxy) is 1. The smallest absolute Gasteiger partial charge is 0.410 e. The fraction of sp³-hybridized carbons (Fsp3) is 0.409. The van der Waals surface area contributed by atoms with Gasteiger partial charge in [-0.15, -0.1) is 0 Å². The van der Waals surface area contributed by atoms with E-state index >= 15 is 0 Å². The highest BCUT2D eigenvalue weighted by Crippen LogP contribution is 2.49. The van der Waals surface area contributed by atoms with Gasteiger partial charge in [-0.05, 0) is 24.5 Å². The second kappa shape index (κ2) is 8.17. The molecule has 0 radical (unpaired) electrons. The van der Waals surface area contributed by atoms with Crippen molar-refractivity contribution in [1.29, 1.82) is 21.2 Å². The third-order valence-corrected chi connectivity index (χ3v) is 5.79. The van der Waals surface area contributed by atoms with E-state index in [4.69, 9.17) is 10.1 Å². The topological polar surface area (TPSA) is 125 Å². The van der Waals surface area contributed by atoms with Crippen molar-refractivity contribution in [2.75, 3.05) is 19.7 Å². The molecule has 1 aromatic carbocycles. The summed E-state index contributed by atoms with van der Waals surface area (Å²) in [6, 6.07) is 15.7. The van der Waals surface area contributed by atoms with Crippen LogP contribution >= 0.6 is 0 Å². The average molecular weight is 387 g/mol. The van der Waals surface area contributed by atoms with Gasteiger partial charge in [0, 0.05) is 24.9 Å². The van der Waals surface area contributed by atoms with Crippen molar-refractivity contribution in [3.05, 3.63) is 47.5 Å². The molecule has 0 spiro atoms. The van der Waals surface area contributed by atoms with Crippen molar-refractivity contribution < 1.29 is 9.53 Å². The summed E-state index contributed by atoms with van der Waals surface area (Å²) >= 11 is 0. The molecule has 3 rings (SSSR count). The van der Waals surface area contributed by atoms with Crippen LogP contribution < -0.4 is 0 Å². The molecule has 29 heavy (non-hydrogen) atoms. The molecular formula is C22H21N5O2. The third-order valence-electron chi connectivity index (χ3n) is 5.79. The summed E-state index contributed by atoms with van der Waals surface area (Å²) < 4.78 is 5.11. The summed E-state index contributed by atoms with van der Waals surface area (Å²) in [6.07, 6.45) is 1.71. The lowest BCUT2D eigenvalue weighted by atomic mass is 9.54. The van der Waals surface area contributed by atoms with E-state index in [1.165, 1.54) is 4.90 Å². The first-order valence-electron chi connectivity index (χ1n) is 9.49. The minimum absolute atomic E-state index is 0.169. The van der Waals surface area contributed by atoms with E-state index in [1.54, 1.807) is 13.0 Å². The Kier molecular flexibility index (Phi) is 5.66. The van der Waals surface area contributed by atoms with E-state index in [0.717, 1.165) is 11.1 Å². The average Bonchev–Trinajstić information content (AvgIpc) is 2.75. The number of rotatable bonds is 3. The number of amides is 1. The van der Waals surface area contributed by atoms with Crippen LogP contribution in [0.5, 0.6) is 0 Å². The standard InChI is InChI=1S/C22H21N5O2/c1-2-29-21(28)27-9-8-16-17(11-23)20(26)22(13-24,14-25)19(18(16)12-27)10-15-6-4-3-5-7-15/h3-8,17-19,26H,2,9-10,12H2,1H3/t17?,18-,19-/m1/s1. The Hall–Kier alpha value is -3.63. The Balaban J connectivity index is 2.09. The molecule has 0 saturated heterocycles. The van der Waals surface area contributed by atoms with E-state index in [-0.39, 0.29) is 31.3 Å². The molecule has 1 N–H and O–H groups in total. The van der Waals surface area contributed by atoms with Crippen LogP contribution in [0.1, 0.15) is 12.5 Å². The molecule has 1 aliphatic carbocycles. The van der Waals surface area contributed by atoms with E-state index in [2.05, 4.69) is 18.2 Å². The maximum atomic E-state index is 12.3. The number of fused-ring (bicyclic) bond motifs is 1. The number of hydrogen-bond donors (Lipinski definition) is 1. The lowest BCUT2D eigenvalue weighted by Gasteiger charge is -2.47. The second-order valence-electron chi connectivity index (χ2n) is 7.22. The van der Waals surface area contributed by atoms with Crippen molar-refractivity contribution in [2.24, 2.45) is 23.2 Å². The maximum Gasteiger partial charge on any atom is 0.410 e. The fourth-order valence-corrected chi connectivity index (χ4v) is 4.35. The molecule has 146 valence electrons. The normalized spacial score (nSPS) is 24.9. The fourth-order valence-electron chi connectivity index (χ4n) is 4.35. The molecule has 7 heteroatoms. The van der Waals surface area contributed by atoms with Crippen LogP contribution in [0.2, 0.25) is 0 Å². The van der Waals surface area contributed by atoms with Crippen molar-refractivity contribution in [1.82, 2.24) is 4.90 Å². The Morgan fingerprint density at radius 3 is 2.55 bits per heavy atom. The van der Waals surface area contributed by atoms with Crippen molar-refractivity contribution in [2.45, 2.75) is 13.3 Å². The third kappa shape index (κ3) is 3.35. The first kappa shape index (κ1) is 20.1. The lowest BCUT2D eigenvalue weighted by molar-refractivity contribution is 0.0934. The molecule has 0 aromatic heterocycles. The first-order valence-corrected chi connectivity index (χ1v) is 9.49. The molecule has 1 unspecified atom stereocenters. The zero-order valence-corrected chi connectivity index (χ0v) is 16.1. The minimum atomic E-state index is -1.73. The zero-order valence-electron chi connectivity index (χ0n) is 16.1. The van der Waals surface area contributed by atoms with Gasteiger partial charge < -0.3 is 15.0 Å². The predicted molar refractivity (Wildman–Crippen MR) is 104 cm³/mol. The SMILES string of the molecule is CCOC(=O)N1CC=C2C(C#N)C(=N)C(C#N)(C#N)[C@H](Cc3ccccc3)[C@@H]2C1. The maximum absolute atomic E-state index is 12.3. The summed E-state index contributed by atoms with van der Waals surface area (Å²) in [7, 11) is 0. The van der Waals surface area contributed by atoms with Gasteiger partial charge in [0.15, 0.2) is 5.41 Å². The summed E-state index contributed by atoms with van der Waals surface area (Å²) in [5.41, 5.74) is -0.239. The van der Waals surface area contributed by atoms with Crippen LogP contribution in [0.25, 0.3) is 0 Å².